The zero-order chi connectivity index (χ0) is 14.2. The fourth-order valence-electron chi connectivity index (χ4n) is 1.81. The summed E-state index contributed by atoms with van der Waals surface area (Å²) in [6, 6.07) is 0. The normalized spacial score (nSPS) is 10.8. The number of hydrogen-bond acceptors (Lipinski definition) is 3. The molecule has 0 heterocycles. The SMILES string of the molecule is CCCCCCCOCCOCCCCCC(N)=O. The van der Waals surface area contributed by atoms with Gasteiger partial charge in [0.2, 0.25) is 5.91 Å². The van der Waals surface area contributed by atoms with Gasteiger partial charge in [0.1, 0.15) is 0 Å². The Bertz CT molecular complexity index is 198. The summed E-state index contributed by atoms with van der Waals surface area (Å²) in [6.07, 6.45) is 9.72. The predicted octanol–water partition coefficient (Wildman–Crippen LogP) is 3.04. The predicted molar refractivity (Wildman–Crippen MR) is 78.1 cm³/mol. The second kappa shape index (κ2) is 15.4. The molecule has 114 valence electrons. The molecule has 0 aliphatic rings. The lowest BCUT2D eigenvalue weighted by atomic mass is 10.2. The summed E-state index contributed by atoms with van der Waals surface area (Å²) < 4.78 is 10.9. The monoisotopic (exact) mass is 273 g/mol. The number of amides is 1. The van der Waals surface area contributed by atoms with E-state index in [0.29, 0.717) is 19.6 Å². The van der Waals surface area contributed by atoms with Gasteiger partial charge in [0.15, 0.2) is 0 Å². The van der Waals surface area contributed by atoms with Crippen LogP contribution in [0.3, 0.4) is 0 Å². The highest BCUT2D eigenvalue weighted by Gasteiger charge is 1.95. The summed E-state index contributed by atoms with van der Waals surface area (Å²) >= 11 is 0. The summed E-state index contributed by atoms with van der Waals surface area (Å²) in [6.45, 7) is 5.19. The molecule has 4 heteroatoms. The maximum atomic E-state index is 10.5. The van der Waals surface area contributed by atoms with Crippen LogP contribution in [0.4, 0.5) is 0 Å². The van der Waals surface area contributed by atoms with Crippen molar-refractivity contribution in [2.75, 3.05) is 26.4 Å². The van der Waals surface area contributed by atoms with Crippen LogP contribution in [0.2, 0.25) is 0 Å². The Balaban J connectivity index is 2.93. The van der Waals surface area contributed by atoms with Crippen LogP contribution in [0.1, 0.15) is 64.7 Å². The highest BCUT2D eigenvalue weighted by Crippen LogP contribution is 2.02. The minimum atomic E-state index is -0.215. The first-order chi connectivity index (χ1) is 9.27. The molecular weight excluding hydrogens is 242 g/mol. The molecule has 0 saturated heterocycles. The summed E-state index contributed by atoms with van der Waals surface area (Å²) in [5, 5.41) is 0. The Morgan fingerprint density at radius 3 is 1.84 bits per heavy atom. The van der Waals surface area contributed by atoms with Crippen molar-refractivity contribution in [2.45, 2.75) is 64.7 Å². The Morgan fingerprint density at radius 2 is 1.32 bits per heavy atom. The smallest absolute Gasteiger partial charge is 0.217 e. The minimum absolute atomic E-state index is 0.215. The fraction of sp³-hybridized carbons (Fsp3) is 0.933. The third-order valence-corrected chi connectivity index (χ3v) is 2.98. The first kappa shape index (κ1) is 18.4. The molecule has 0 aromatic heterocycles. The highest BCUT2D eigenvalue weighted by atomic mass is 16.5. The van der Waals surface area contributed by atoms with E-state index in [1.54, 1.807) is 0 Å². The lowest BCUT2D eigenvalue weighted by Crippen LogP contribution is -2.10. The van der Waals surface area contributed by atoms with E-state index in [2.05, 4.69) is 6.92 Å². The summed E-state index contributed by atoms with van der Waals surface area (Å²) in [4.78, 5) is 10.5. The lowest BCUT2D eigenvalue weighted by molar-refractivity contribution is -0.118. The van der Waals surface area contributed by atoms with E-state index in [9.17, 15) is 4.79 Å². The third-order valence-electron chi connectivity index (χ3n) is 2.98. The molecule has 0 fully saturated rings. The third kappa shape index (κ3) is 17.4. The number of primary amides is 1. The molecule has 0 atom stereocenters. The standard InChI is InChI=1S/C15H31NO3/c1-2-3-4-5-8-11-18-13-14-19-12-9-6-7-10-15(16)17/h2-14H2,1H3,(H2,16,17). The molecule has 0 aliphatic heterocycles. The van der Waals surface area contributed by atoms with E-state index >= 15 is 0 Å². The second-order valence-electron chi connectivity index (χ2n) is 4.92. The molecular formula is C15H31NO3. The number of carbonyl (C=O) groups is 1. The van der Waals surface area contributed by atoms with E-state index in [1.807, 2.05) is 0 Å². The fourth-order valence-corrected chi connectivity index (χ4v) is 1.81. The highest BCUT2D eigenvalue weighted by molar-refractivity contribution is 5.73. The van der Waals surface area contributed by atoms with Gasteiger partial charge in [-0.15, -0.1) is 0 Å². The van der Waals surface area contributed by atoms with Crippen molar-refractivity contribution >= 4 is 5.91 Å². The van der Waals surface area contributed by atoms with Gasteiger partial charge < -0.3 is 15.2 Å². The van der Waals surface area contributed by atoms with Gasteiger partial charge in [-0.2, -0.15) is 0 Å². The second-order valence-corrected chi connectivity index (χ2v) is 4.92. The minimum Gasteiger partial charge on any atom is -0.379 e. The van der Waals surface area contributed by atoms with Gasteiger partial charge in [-0.1, -0.05) is 39.0 Å². The Hall–Kier alpha value is -0.610. The molecule has 0 aromatic rings. The van der Waals surface area contributed by atoms with Crippen LogP contribution >= 0.6 is 0 Å². The van der Waals surface area contributed by atoms with Crippen molar-refractivity contribution in [3.05, 3.63) is 0 Å². The van der Waals surface area contributed by atoms with Gasteiger partial charge in [-0.3, -0.25) is 4.79 Å². The average Bonchev–Trinajstić information content (AvgIpc) is 2.39. The van der Waals surface area contributed by atoms with Gasteiger partial charge in [-0.05, 0) is 19.3 Å². The number of nitrogens with two attached hydrogens (primary N) is 1. The van der Waals surface area contributed by atoms with Gasteiger partial charge in [-0.25, -0.2) is 0 Å². The molecule has 0 saturated carbocycles. The Labute approximate surface area is 118 Å². The van der Waals surface area contributed by atoms with Gasteiger partial charge in [0.25, 0.3) is 0 Å². The maximum Gasteiger partial charge on any atom is 0.217 e. The molecule has 0 bridgehead atoms. The first-order valence-electron chi connectivity index (χ1n) is 7.71. The number of carbonyl (C=O) groups excluding carboxylic acids is 1. The molecule has 0 aliphatic carbocycles. The zero-order valence-electron chi connectivity index (χ0n) is 12.5. The van der Waals surface area contributed by atoms with Crippen LogP contribution in [-0.2, 0) is 14.3 Å². The van der Waals surface area contributed by atoms with E-state index in [0.717, 1.165) is 38.9 Å². The van der Waals surface area contributed by atoms with Crippen molar-refractivity contribution in [3.63, 3.8) is 0 Å². The Morgan fingerprint density at radius 1 is 0.789 bits per heavy atom. The summed E-state index contributed by atoms with van der Waals surface area (Å²) in [5.41, 5.74) is 5.05. The molecule has 19 heavy (non-hydrogen) atoms. The maximum absolute atomic E-state index is 10.5. The van der Waals surface area contributed by atoms with Crippen molar-refractivity contribution in [1.29, 1.82) is 0 Å². The molecule has 0 unspecified atom stereocenters. The number of hydrogen-bond donors (Lipinski definition) is 1. The first-order valence-corrected chi connectivity index (χ1v) is 7.71. The van der Waals surface area contributed by atoms with Crippen molar-refractivity contribution < 1.29 is 14.3 Å². The number of rotatable bonds is 15. The molecule has 0 radical (unpaired) electrons. The van der Waals surface area contributed by atoms with Crippen molar-refractivity contribution in [1.82, 2.24) is 0 Å². The van der Waals surface area contributed by atoms with Crippen LogP contribution in [0, 0.1) is 0 Å². The van der Waals surface area contributed by atoms with Crippen LogP contribution in [-0.4, -0.2) is 32.3 Å². The largest absolute Gasteiger partial charge is 0.379 e. The van der Waals surface area contributed by atoms with E-state index < -0.39 is 0 Å². The molecule has 2 N–H and O–H groups in total. The summed E-state index contributed by atoms with van der Waals surface area (Å²) in [5.74, 6) is -0.215. The van der Waals surface area contributed by atoms with E-state index in [4.69, 9.17) is 15.2 Å². The zero-order valence-corrected chi connectivity index (χ0v) is 12.5. The Kier molecular flexibility index (Phi) is 15.0. The van der Waals surface area contributed by atoms with Gasteiger partial charge >= 0.3 is 0 Å². The van der Waals surface area contributed by atoms with Crippen molar-refractivity contribution in [2.24, 2.45) is 5.73 Å². The van der Waals surface area contributed by atoms with Crippen LogP contribution in [0.25, 0.3) is 0 Å². The molecule has 0 rings (SSSR count). The van der Waals surface area contributed by atoms with Crippen LogP contribution in [0.5, 0.6) is 0 Å². The van der Waals surface area contributed by atoms with Crippen molar-refractivity contribution in [3.8, 4) is 0 Å². The average molecular weight is 273 g/mol. The van der Waals surface area contributed by atoms with Crippen LogP contribution < -0.4 is 5.73 Å². The quantitative estimate of drug-likeness (QED) is 0.466. The van der Waals surface area contributed by atoms with E-state index in [1.165, 1.54) is 25.7 Å². The summed E-state index contributed by atoms with van der Waals surface area (Å²) in [7, 11) is 0. The molecule has 1 amide bonds. The topological polar surface area (TPSA) is 61.6 Å². The van der Waals surface area contributed by atoms with Gasteiger partial charge in [0.05, 0.1) is 13.2 Å². The molecule has 4 nitrogen and oxygen atoms in total. The molecule has 0 spiro atoms. The molecule has 0 aromatic carbocycles. The van der Waals surface area contributed by atoms with Crippen LogP contribution in [0.15, 0.2) is 0 Å². The van der Waals surface area contributed by atoms with E-state index in [-0.39, 0.29) is 5.91 Å². The number of ether oxygens (including phenoxy) is 2. The number of unbranched alkanes of at least 4 members (excludes halogenated alkanes) is 6. The van der Waals surface area contributed by atoms with Gasteiger partial charge in [0, 0.05) is 19.6 Å². The lowest BCUT2D eigenvalue weighted by Gasteiger charge is -2.05.